The minimum absolute atomic E-state index is 0.106. The van der Waals surface area contributed by atoms with Crippen LogP contribution < -0.4 is 0 Å². The van der Waals surface area contributed by atoms with E-state index in [-0.39, 0.29) is 25.7 Å². The average Bonchev–Trinajstić information content (AvgIpc) is 3.71. The van der Waals surface area contributed by atoms with Gasteiger partial charge in [0.1, 0.15) is 19.3 Å². The number of carbonyl (C=O) groups is 4. The molecule has 17 nitrogen and oxygen atoms in total. The number of carbonyl (C=O) groups excluding carboxylic acids is 4. The molecule has 89 heavy (non-hydrogen) atoms. The number of aliphatic hydroxyl groups excluding tert-OH is 1. The molecule has 0 rings (SSSR count). The van der Waals surface area contributed by atoms with Crippen molar-refractivity contribution < 1.29 is 80.2 Å². The third-order valence-electron chi connectivity index (χ3n) is 16.2. The Morgan fingerprint density at radius 1 is 0.303 bits per heavy atom. The van der Waals surface area contributed by atoms with Gasteiger partial charge < -0.3 is 33.8 Å². The van der Waals surface area contributed by atoms with Crippen molar-refractivity contribution in [2.45, 2.75) is 374 Å². The van der Waals surface area contributed by atoms with Gasteiger partial charge in [-0.25, -0.2) is 9.13 Å². The highest BCUT2D eigenvalue weighted by Crippen LogP contribution is 2.45. The molecule has 0 heterocycles. The molecule has 0 aliphatic heterocycles. The second-order valence-corrected chi connectivity index (χ2v) is 29.1. The second-order valence-electron chi connectivity index (χ2n) is 26.2. The van der Waals surface area contributed by atoms with Crippen molar-refractivity contribution >= 4 is 39.5 Å². The summed E-state index contributed by atoms with van der Waals surface area (Å²) in [6, 6.07) is 0. The molecular formula is C70H136O17P2. The third kappa shape index (κ3) is 64.6. The molecule has 0 aliphatic rings. The highest BCUT2D eigenvalue weighted by atomic mass is 31.2. The number of phosphoric ester groups is 2. The predicted molar refractivity (Wildman–Crippen MR) is 358 cm³/mol. The number of ether oxygens (including phenoxy) is 4. The summed E-state index contributed by atoms with van der Waals surface area (Å²) < 4.78 is 68.3. The molecule has 0 amide bonds. The van der Waals surface area contributed by atoms with Crippen LogP contribution in [0.15, 0.2) is 0 Å². The molecule has 19 heteroatoms. The summed E-state index contributed by atoms with van der Waals surface area (Å²) in [5.41, 5.74) is 0. The number of rotatable bonds is 69. The van der Waals surface area contributed by atoms with Crippen LogP contribution in [-0.2, 0) is 65.4 Å². The maximum absolute atomic E-state index is 13.0. The Labute approximate surface area is 543 Å². The van der Waals surface area contributed by atoms with Crippen LogP contribution in [0.5, 0.6) is 0 Å². The fourth-order valence-corrected chi connectivity index (χ4v) is 12.2. The molecule has 0 bridgehead atoms. The molecule has 0 aliphatic carbocycles. The summed E-state index contributed by atoms with van der Waals surface area (Å²) in [5.74, 6) is -0.587. The molecule has 2 unspecified atom stereocenters. The minimum atomic E-state index is -4.95. The van der Waals surface area contributed by atoms with Gasteiger partial charge >= 0.3 is 39.5 Å². The van der Waals surface area contributed by atoms with Crippen LogP contribution in [0.25, 0.3) is 0 Å². The van der Waals surface area contributed by atoms with Gasteiger partial charge in [0.25, 0.3) is 0 Å². The molecule has 0 fully saturated rings. The normalized spacial score (nSPS) is 14.1. The van der Waals surface area contributed by atoms with Gasteiger partial charge in [-0.1, -0.05) is 305 Å². The summed E-state index contributed by atoms with van der Waals surface area (Å²) in [4.78, 5) is 72.5. The molecule has 528 valence electrons. The number of unbranched alkanes of at least 4 members (excludes halogenated alkanes) is 39. The van der Waals surface area contributed by atoms with Gasteiger partial charge in [-0.15, -0.1) is 0 Å². The van der Waals surface area contributed by atoms with Gasteiger partial charge in [0.05, 0.1) is 26.4 Å². The van der Waals surface area contributed by atoms with Crippen LogP contribution >= 0.6 is 15.6 Å². The predicted octanol–water partition coefficient (Wildman–Crippen LogP) is 20.0. The molecule has 5 atom stereocenters. The fraction of sp³-hybridized carbons (Fsp3) is 0.943. The van der Waals surface area contributed by atoms with Crippen molar-refractivity contribution in [1.29, 1.82) is 0 Å². The Morgan fingerprint density at radius 3 is 0.764 bits per heavy atom. The Kier molecular flexibility index (Phi) is 60.8. The van der Waals surface area contributed by atoms with Crippen molar-refractivity contribution in [3.05, 3.63) is 0 Å². The molecule has 0 aromatic carbocycles. The SMILES string of the molecule is CCCCCCCCCCCCCCC(=O)O[C@H](COC(=O)CCCCCCCCCCC)COP(=O)(O)OC[C@H](O)COP(=O)(O)OC[C@@H](COC(=O)CCCCCCCCCCCCCC(C)C)OC(=O)CCCCCCCCCCCCCC(C)C. The molecule has 0 spiro atoms. The van der Waals surface area contributed by atoms with Crippen molar-refractivity contribution in [3.8, 4) is 0 Å². The van der Waals surface area contributed by atoms with E-state index in [1.54, 1.807) is 0 Å². The minimum Gasteiger partial charge on any atom is -0.462 e. The Balaban J connectivity index is 5.24. The van der Waals surface area contributed by atoms with E-state index in [4.69, 9.17) is 37.0 Å². The lowest BCUT2D eigenvalue weighted by Crippen LogP contribution is -2.30. The van der Waals surface area contributed by atoms with Gasteiger partial charge in [0, 0.05) is 25.7 Å². The molecule has 0 saturated heterocycles. The summed E-state index contributed by atoms with van der Waals surface area (Å²) >= 11 is 0. The molecule has 0 saturated carbocycles. The number of phosphoric acid groups is 2. The van der Waals surface area contributed by atoms with Crippen LogP contribution in [0.1, 0.15) is 356 Å². The smallest absolute Gasteiger partial charge is 0.462 e. The fourth-order valence-electron chi connectivity index (χ4n) is 10.6. The number of esters is 4. The largest absolute Gasteiger partial charge is 0.472 e. The maximum Gasteiger partial charge on any atom is 0.472 e. The molecule has 3 N–H and O–H groups in total. The van der Waals surface area contributed by atoms with Crippen molar-refractivity contribution in [2.24, 2.45) is 11.8 Å². The van der Waals surface area contributed by atoms with Crippen LogP contribution in [0.4, 0.5) is 0 Å². The van der Waals surface area contributed by atoms with E-state index >= 15 is 0 Å². The maximum atomic E-state index is 13.0. The highest BCUT2D eigenvalue weighted by Gasteiger charge is 2.30. The van der Waals surface area contributed by atoms with Crippen LogP contribution in [-0.4, -0.2) is 96.7 Å². The lowest BCUT2D eigenvalue weighted by molar-refractivity contribution is -0.161. The van der Waals surface area contributed by atoms with E-state index < -0.39 is 97.5 Å². The van der Waals surface area contributed by atoms with Crippen LogP contribution in [0.2, 0.25) is 0 Å². The first-order valence-electron chi connectivity index (χ1n) is 36.5. The van der Waals surface area contributed by atoms with Crippen molar-refractivity contribution in [2.75, 3.05) is 39.6 Å². The summed E-state index contributed by atoms with van der Waals surface area (Å²) in [5, 5.41) is 10.6. The van der Waals surface area contributed by atoms with Crippen molar-refractivity contribution in [3.63, 3.8) is 0 Å². The van der Waals surface area contributed by atoms with E-state index in [1.807, 2.05) is 0 Å². The Bertz CT molecular complexity index is 1730. The first-order chi connectivity index (χ1) is 42.9. The number of aliphatic hydroxyl groups is 1. The zero-order valence-electron chi connectivity index (χ0n) is 57.7. The topological polar surface area (TPSA) is 237 Å². The molecule has 0 radical (unpaired) electrons. The quantitative estimate of drug-likeness (QED) is 0.0222. The molecular weight excluding hydrogens is 1170 g/mol. The van der Waals surface area contributed by atoms with E-state index in [1.165, 1.54) is 173 Å². The van der Waals surface area contributed by atoms with Crippen molar-refractivity contribution in [1.82, 2.24) is 0 Å². The van der Waals surface area contributed by atoms with E-state index in [0.717, 1.165) is 102 Å². The van der Waals surface area contributed by atoms with Crippen LogP contribution in [0.3, 0.4) is 0 Å². The summed E-state index contributed by atoms with van der Waals surface area (Å²) in [6.07, 6.45) is 47.0. The first-order valence-corrected chi connectivity index (χ1v) is 39.5. The lowest BCUT2D eigenvalue weighted by atomic mass is 10.0. The Morgan fingerprint density at radius 2 is 0.517 bits per heavy atom. The molecule has 0 aromatic heterocycles. The van der Waals surface area contributed by atoms with Crippen LogP contribution in [0, 0.1) is 11.8 Å². The van der Waals surface area contributed by atoms with E-state index in [0.29, 0.717) is 25.7 Å². The highest BCUT2D eigenvalue weighted by molar-refractivity contribution is 7.47. The average molecular weight is 1310 g/mol. The van der Waals surface area contributed by atoms with Gasteiger partial charge in [-0.2, -0.15) is 0 Å². The lowest BCUT2D eigenvalue weighted by Gasteiger charge is -2.21. The zero-order valence-corrected chi connectivity index (χ0v) is 59.5. The van der Waals surface area contributed by atoms with Gasteiger partial charge in [-0.05, 0) is 37.5 Å². The molecule has 0 aromatic rings. The third-order valence-corrected chi connectivity index (χ3v) is 18.1. The second kappa shape index (κ2) is 62.2. The van der Waals surface area contributed by atoms with E-state index in [9.17, 15) is 43.2 Å². The first kappa shape index (κ1) is 87.1. The Hall–Kier alpha value is -1.94. The standard InChI is InChI=1S/C70H136O17P2/c1-7-9-11-13-15-17-18-23-30-36-42-48-54-69(74)86-65(58-80-67(72)52-46-40-34-26-16-14-12-10-8-2)60-84-88(76,77)82-56-64(71)57-83-89(78,79)85-61-66(87-70(75)55-49-43-37-31-25-20-22-28-33-39-45-51-63(5)6)59-81-68(73)53-47-41-35-29-24-19-21-27-32-38-44-50-62(3)4/h62-66,71H,7-61H2,1-6H3,(H,76,77)(H,78,79)/t64-,65+,66+/m0/s1. The number of hydrogen-bond donors (Lipinski definition) is 3. The van der Waals surface area contributed by atoms with Gasteiger partial charge in [0.15, 0.2) is 12.2 Å². The van der Waals surface area contributed by atoms with Gasteiger partial charge in [-0.3, -0.25) is 37.3 Å². The van der Waals surface area contributed by atoms with Gasteiger partial charge in [0.2, 0.25) is 0 Å². The monoisotopic (exact) mass is 1310 g/mol. The zero-order chi connectivity index (χ0) is 65.7. The van der Waals surface area contributed by atoms with E-state index in [2.05, 4.69) is 41.5 Å². The summed E-state index contributed by atoms with van der Waals surface area (Å²) in [6.45, 7) is 9.54. The summed E-state index contributed by atoms with van der Waals surface area (Å²) in [7, 11) is -9.90. The number of hydrogen-bond acceptors (Lipinski definition) is 15.